The van der Waals surface area contributed by atoms with Gasteiger partial charge in [-0.1, -0.05) is 36.4 Å². The summed E-state index contributed by atoms with van der Waals surface area (Å²) in [5, 5.41) is 10.8. The number of non-ortho nitro benzene ring substituents is 1. The number of nitrogens with zero attached hydrogens (tertiary/aromatic N) is 2. The quantitative estimate of drug-likeness (QED) is 0.381. The van der Waals surface area contributed by atoms with Crippen LogP contribution >= 0.6 is 0 Å². The van der Waals surface area contributed by atoms with Crippen LogP contribution in [0, 0.1) is 10.1 Å². The molecule has 1 atom stereocenters. The third-order valence-electron chi connectivity index (χ3n) is 5.04. The van der Waals surface area contributed by atoms with Gasteiger partial charge in [0.15, 0.2) is 0 Å². The van der Waals surface area contributed by atoms with Crippen LogP contribution in [0.5, 0.6) is 0 Å². The fourth-order valence-corrected chi connectivity index (χ4v) is 3.46. The van der Waals surface area contributed by atoms with Crippen molar-refractivity contribution in [2.75, 3.05) is 13.2 Å². The van der Waals surface area contributed by atoms with Gasteiger partial charge in [0.2, 0.25) is 0 Å². The zero-order valence-electron chi connectivity index (χ0n) is 16.6. The van der Waals surface area contributed by atoms with E-state index in [2.05, 4.69) is 0 Å². The summed E-state index contributed by atoms with van der Waals surface area (Å²) in [6.45, 7) is 0.941. The van der Waals surface area contributed by atoms with Gasteiger partial charge in [-0.3, -0.25) is 10.1 Å². The van der Waals surface area contributed by atoms with Crippen LogP contribution in [0.1, 0.15) is 41.6 Å². The maximum Gasteiger partial charge on any atom is 0.410 e. The molecule has 0 saturated carbocycles. The monoisotopic (exact) mass is 412 g/mol. The van der Waals surface area contributed by atoms with Gasteiger partial charge in [0, 0.05) is 31.1 Å². The van der Waals surface area contributed by atoms with Gasteiger partial charge in [-0.25, -0.2) is 9.59 Å². The minimum atomic E-state index is -0.618. The van der Waals surface area contributed by atoms with E-state index in [9.17, 15) is 19.7 Å². The molecule has 3 rings (SSSR count). The number of piperidine rings is 1. The lowest BCUT2D eigenvalue weighted by Gasteiger charge is -2.34. The van der Waals surface area contributed by atoms with E-state index in [1.165, 1.54) is 24.3 Å². The van der Waals surface area contributed by atoms with E-state index < -0.39 is 10.9 Å². The van der Waals surface area contributed by atoms with E-state index in [4.69, 9.17) is 9.47 Å². The van der Waals surface area contributed by atoms with Crippen molar-refractivity contribution in [2.24, 2.45) is 0 Å². The van der Waals surface area contributed by atoms with Crippen LogP contribution in [0.25, 0.3) is 0 Å². The van der Waals surface area contributed by atoms with Crippen LogP contribution in [-0.2, 0) is 16.1 Å². The third kappa shape index (κ3) is 5.79. The summed E-state index contributed by atoms with van der Waals surface area (Å²) in [5.74, 6) is -0.618. The molecule has 0 aromatic heterocycles. The SMILES string of the molecule is O=C(OCCC1CCCCN1C(=O)OCc1ccccc1)c1cccc([N+](=O)[O-])c1. The number of rotatable bonds is 7. The predicted molar refractivity (Wildman–Crippen MR) is 109 cm³/mol. The van der Waals surface area contributed by atoms with Gasteiger partial charge >= 0.3 is 12.1 Å². The fraction of sp³-hybridized carbons (Fsp3) is 0.364. The van der Waals surface area contributed by atoms with Crippen molar-refractivity contribution >= 4 is 17.7 Å². The van der Waals surface area contributed by atoms with Gasteiger partial charge in [-0.2, -0.15) is 0 Å². The Morgan fingerprint density at radius 2 is 1.87 bits per heavy atom. The lowest BCUT2D eigenvalue weighted by molar-refractivity contribution is -0.384. The molecule has 0 N–H and O–H groups in total. The molecule has 1 aliphatic heterocycles. The van der Waals surface area contributed by atoms with Crippen LogP contribution in [0.15, 0.2) is 54.6 Å². The molecule has 1 saturated heterocycles. The average molecular weight is 412 g/mol. The van der Waals surface area contributed by atoms with Crippen LogP contribution < -0.4 is 0 Å². The Morgan fingerprint density at radius 3 is 2.63 bits per heavy atom. The Hall–Kier alpha value is -3.42. The molecular formula is C22H24N2O6. The lowest BCUT2D eigenvalue weighted by Crippen LogP contribution is -2.44. The first-order valence-corrected chi connectivity index (χ1v) is 9.93. The van der Waals surface area contributed by atoms with Crippen molar-refractivity contribution < 1.29 is 24.0 Å². The molecule has 0 spiro atoms. The average Bonchev–Trinajstić information content (AvgIpc) is 2.78. The van der Waals surface area contributed by atoms with Crippen molar-refractivity contribution in [1.29, 1.82) is 0 Å². The lowest BCUT2D eigenvalue weighted by atomic mass is 10.0. The molecule has 0 aliphatic carbocycles. The topological polar surface area (TPSA) is 99.0 Å². The Labute approximate surface area is 174 Å². The smallest absolute Gasteiger partial charge is 0.410 e. The van der Waals surface area contributed by atoms with Gasteiger partial charge in [-0.15, -0.1) is 0 Å². The second-order valence-corrected chi connectivity index (χ2v) is 7.12. The third-order valence-corrected chi connectivity index (χ3v) is 5.04. The fourth-order valence-electron chi connectivity index (χ4n) is 3.46. The molecule has 0 bridgehead atoms. The van der Waals surface area contributed by atoms with E-state index in [1.54, 1.807) is 4.90 Å². The van der Waals surface area contributed by atoms with Crippen molar-refractivity contribution in [3.63, 3.8) is 0 Å². The van der Waals surface area contributed by atoms with Gasteiger partial charge in [0.25, 0.3) is 5.69 Å². The van der Waals surface area contributed by atoms with Gasteiger partial charge in [0.05, 0.1) is 17.1 Å². The highest BCUT2D eigenvalue weighted by Crippen LogP contribution is 2.21. The molecule has 2 aromatic carbocycles. The summed E-state index contributed by atoms with van der Waals surface area (Å²) in [6, 6.07) is 14.8. The standard InChI is InChI=1S/C22H24N2O6/c25-21(18-9-6-11-20(15-18)24(27)28)29-14-12-19-10-4-5-13-23(19)22(26)30-16-17-7-2-1-3-8-17/h1-3,6-9,11,15,19H,4-5,10,12-14,16H2. The number of amides is 1. The van der Waals surface area contributed by atoms with Crippen LogP contribution in [-0.4, -0.2) is 41.1 Å². The number of esters is 1. The molecule has 1 fully saturated rings. The summed E-state index contributed by atoms with van der Waals surface area (Å²) < 4.78 is 10.7. The second kappa shape index (κ2) is 10.4. The number of ether oxygens (including phenoxy) is 2. The molecule has 8 nitrogen and oxygen atoms in total. The Kier molecular flexibility index (Phi) is 7.37. The number of hydrogen-bond donors (Lipinski definition) is 0. The molecule has 8 heteroatoms. The van der Waals surface area contributed by atoms with Gasteiger partial charge < -0.3 is 14.4 Å². The van der Waals surface area contributed by atoms with E-state index >= 15 is 0 Å². The summed E-state index contributed by atoms with van der Waals surface area (Å²) in [6.07, 6.45) is 2.83. The molecular weight excluding hydrogens is 388 g/mol. The second-order valence-electron chi connectivity index (χ2n) is 7.12. The van der Waals surface area contributed by atoms with E-state index in [0.717, 1.165) is 24.8 Å². The molecule has 158 valence electrons. The number of benzene rings is 2. The van der Waals surface area contributed by atoms with Crippen molar-refractivity contribution in [2.45, 2.75) is 38.3 Å². The van der Waals surface area contributed by atoms with Crippen molar-refractivity contribution in [1.82, 2.24) is 4.90 Å². The molecule has 1 unspecified atom stereocenters. The van der Waals surface area contributed by atoms with Gasteiger partial charge in [0.1, 0.15) is 6.61 Å². The number of carbonyl (C=O) groups excluding carboxylic acids is 2. The van der Waals surface area contributed by atoms with Crippen LogP contribution in [0.3, 0.4) is 0 Å². The maximum atomic E-state index is 12.5. The van der Waals surface area contributed by atoms with Crippen LogP contribution in [0.2, 0.25) is 0 Å². The summed E-state index contributed by atoms with van der Waals surface area (Å²) >= 11 is 0. The van der Waals surface area contributed by atoms with Gasteiger partial charge in [-0.05, 0) is 30.9 Å². The maximum absolute atomic E-state index is 12.5. The molecule has 2 aromatic rings. The molecule has 0 radical (unpaired) electrons. The number of hydrogen-bond acceptors (Lipinski definition) is 6. The summed E-state index contributed by atoms with van der Waals surface area (Å²) in [7, 11) is 0. The highest BCUT2D eigenvalue weighted by atomic mass is 16.6. The Bertz CT molecular complexity index is 886. The number of nitro benzene ring substituents is 1. The molecule has 1 aliphatic rings. The zero-order valence-corrected chi connectivity index (χ0v) is 16.6. The van der Waals surface area contributed by atoms with E-state index in [-0.39, 0.29) is 36.6 Å². The highest BCUT2D eigenvalue weighted by Gasteiger charge is 2.28. The minimum absolute atomic E-state index is 0.0695. The highest BCUT2D eigenvalue weighted by molar-refractivity contribution is 5.90. The van der Waals surface area contributed by atoms with Crippen molar-refractivity contribution in [3.05, 3.63) is 75.8 Å². The van der Waals surface area contributed by atoms with Crippen molar-refractivity contribution in [3.8, 4) is 0 Å². The number of carbonyl (C=O) groups is 2. The summed E-state index contributed by atoms with van der Waals surface area (Å²) in [5.41, 5.74) is 0.890. The molecule has 1 heterocycles. The summed E-state index contributed by atoms with van der Waals surface area (Å²) in [4.78, 5) is 36.7. The van der Waals surface area contributed by atoms with E-state index in [1.807, 2.05) is 30.3 Å². The first-order chi connectivity index (χ1) is 14.5. The largest absolute Gasteiger partial charge is 0.462 e. The normalized spacial score (nSPS) is 16.0. The molecule has 30 heavy (non-hydrogen) atoms. The minimum Gasteiger partial charge on any atom is -0.462 e. The Morgan fingerprint density at radius 1 is 1.07 bits per heavy atom. The first kappa shape index (κ1) is 21.3. The van der Waals surface area contributed by atoms with Crippen LogP contribution in [0.4, 0.5) is 10.5 Å². The number of likely N-dealkylation sites (tertiary alicyclic amines) is 1. The van der Waals surface area contributed by atoms with E-state index in [0.29, 0.717) is 13.0 Å². The zero-order chi connectivity index (χ0) is 21.3. The first-order valence-electron chi connectivity index (χ1n) is 9.93. The Balaban J connectivity index is 1.50. The predicted octanol–water partition coefficient (Wildman–Crippen LogP) is 4.33. The number of nitro groups is 1. The molecule has 1 amide bonds.